The summed E-state index contributed by atoms with van der Waals surface area (Å²) in [5.41, 5.74) is -9.07. The molecule has 3 aromatic carbocycles. The fourth-order valence-electron chi connectivity index (χ4n) is 11.6. The molecular formula is C46H47NO14. The first kappa shape index (κ1) is 42.0. The Morgan fingerprint density at radius 3 is 1.98 bits per heavy atom. The lowest BCUT2D eigenvalue weighted by atomic mass is 9.20. The van der Waals surface area contributed by atoms with Crippen LogP contribution in [0.25, 0.3) is 0 Å². The van der Waals surface area contributed by atoms with Gasteiger partial charge < -0.3 is 44.3 Å². The minimum atomic E-state index is -2.30. The molecule has 8 rings (SSSR count). The largest absolute Gasteiger partial charge is 0.456 e. The summed E-state index contributed by atoms with van der Waals surface area (Å²) in [6.07, 6.45) is -10.3. The number of rotatable bonds is 10. The normalized spacial score (nSPS) is 35.3. The summed E-state index contributed by atoms with van der Waals surface area (Å²) in [6, 6.07) is 23.0. The summed E-state index contributed by atoms with van der Waals surface area (Å²) in [4.78, 5) is 83.2. The molecule has 15 heteroatoms. The fourth-order valence-corrected chi connectivity index (χ4v) is 11.6. The summed E-state index contributed by atoms with van der Waals surface area (Å²) in [5.74, 6) is -5.21. The van der Waals surface area contributed by atoms with Gasteiger partial charge in [-0.2, -0.15) is 0 Å². The van der Waals surface area contributed by atoms with Crippen LogP contribution in [0.2, 0.25) is 0 Å². The van der Waals surface area contributed by atoms with Crippen LogP contribution < -0.4 is 5.32 Å². The van der Waals surface area contributed by atoms with E-state index in [0.717, 1.165) is 6.92 Å². The van der Waals surface area contributed by atoms with Crippen LogP contribution in [0.15, 0.2) is 102 Å². The second-order valence-corrected chi connectivity index (χ2v) is 17.0. The van der Waals surface area contributed by atoms with Crippen molar-refractivity contribution >= 4 is 35.6 Å². The van der Waals surface area contributed by atoms with E-state index in [1.165, 1.54) is 32.9 Å². The lowest BCUT2D eigenvalue weighted by Gasteiger charge is -2.86. The number of Topliss-reactive ketones (excluding diaryl/α,β-unsaturated/α-hetero) is 1. The number of hydrogen-bond acceptors (Lipinski definition) is 14. The molecule has 5 aliphatic rings. The van der Waals surface area contributed by atoms with Crippen molar-refractivity contribution in [2.45, 2.75) is 101 Å². The van der Waals surface area contributed by atoms with E-state index in [-0.39, 0.29) is 35.3 Å². The highest BCUT2D eigenvalue weighted by Gasteiger charge is 2.99. The summed E-state index contributed by atoms with van der Waals surface area (Å²) >= 11 is 0. The van der Waals surface area contributed by atoms with Crippen LogP contribution in [0.3, 0.4) is 0 Å². The lowest BCUT2D eigenvalue weighted by Crippen LogP contribution is -3.00. The first-order valence-corrected chi connectivity index (χ1v) is 20.1. The summed E-state index contributed by atoms with van der Waals surface area (Å²) in [7, 11) is 0. The molecule has 12 atom stereocenters. The molecule has 1 heterocycles. The summed E-state index contributed by atoms with van der Waals surface area (Å²) < 4.78 is 30.4. The fraction of sp³-hybridized carbons (Fsp3) is 0.435. The van der Waals surface area contributed by atoms with Crippen LogP contribution in [0.1, 0.15) is 79.8 Å². The highest BCUT2D eigenvalue weighted by atomic mass is 16.6. The minimum Gasteiger partial charge on any atom is -0.456 e. The van der Waals surface area contributed by atoms with Gasteiger partial charge in [-0.3, -0.25) is 19.2 Å². The predicted octanol–water partition coefficient (Wildman–Crippen LogP) is 3.10. The van der Waals surface area contributed by atoms with Crippen LogP contribution >= 0.6 is 0 Å². The number of aliphatic hydroxyl groups excluding tert-OH is 2. The van der Waals surface area contributed by atoms with Crippen molar-refractivity contribution in [2.24, 2.45) is 16.2 Å². The number of aliphatic hydroxyl groups is 3. The third-order valence-corrected chi connectivity index (χ3v) is 14.2. The van der Waals surface area contributed by atoms with E-state index in [1.807, 2.05) is 0 Å². The van der Waals surface area contributed by atoms with Crippen molar-refractivity contribution in [3.05, 3.63) is 119 Å². The number of benzene rings is 3. The molecule has 0 aromatic heterocycles. The Morgan fingerprint density at radius 2 is 1.43 bits per heavy atom. The maximum atomic E-state index is 15.4. The van der Waals surface area contributed by atoms with E-state index in [0.29, 0.717) is 5.56 Å². The third kappa shape index (κ3) is 5.63. The molecule has 0 radical (unpaired) electrons. The quantitative estimate of drug-likeness (QED) is 0.131. The number of esters is 4. The number of amides is 1. The lowest BCUT2D eigenvalue weighted by molar-refractivity contribution is -0.472. The van der Waals surface area contributed by atoms with E-state index in [9.17, 15) is 39.3 Å². The molecule has 4 aliphatic carbocycles. The van der Waals surface area contributed by atoms with Crippen molar-refractivity contribution in [3.8, 4) is 0 Å². The minimum absolute atomic E-state index is 0.0125. The molecule has 1 aliphatic heterocycles. The van der Waals surface area contributed by atoms with Gasteiger partial charge in [0, 0.05) is 37.7 Å². The monoisotopic (exact) mass is 837 g/mol. The molecule has 3 aromatic rings. The van der Waals surface area contributed by atoms with Crippen molar-refractivity contribution in [1.82, 2.24) is 5.32 Å². The molecule has 0 bridgehead atoms. The molecule has 320 valence electrons. The Kier molecular flexibility index (Phi) is 10.1. The highest BCUT2D eigenvalue weighted by molar-refractivity contribution is 5.99. The molecule has 1 unspecified atom stereocenters. The second-order valence-electron chi connectivity index (χ2n) is 17.0. The number of fused-ring (bicyclic) bond motifs is 1. The van der Waals surface area contributed by atoms with Gasteiger partial charge in [0.05, 0.1) is 35.1 Å². The van der Waals surface area contributed by atoms with Gasteiger partial charge in [0.25, 0.3) is 5.91 Å². The molecule has 1 saturated heterocycles. The zero-order valence-corrected chi connectivity index (χ0v) is 34.2. The van der Waals surface area contributed by atoms with Gasteiger partial charge in [0.1, 0.15) is 23.9 Å². The number of carbonyl (C=O) groups is 6. The molecule has 4 N–H and O–H groups in total. The number of carbonyl (C=O) groups excluding carboxylic acids is 6. The van der Waals surface area contributed by atoms with Gasteiger partial charge in [-0.25, -0.2) is 9.59 Å². The van der Waals surface area contributed by atoms with Crippen LogP contribution in [0, 0.1) is 16.2 Å². The average Bonchev–Trinajstić information content (AvgIpc) is 3.24. The van der Waals surface area contributed by atoms with Gasteiger partial charge in [-0.15, -0.1) is 0 Å². The molecule has 4 fully saturated rings. The zero-order chi connectivity index (χ0) is 43.9. The van der Waals surface area contributed by atoms with Crippen molar-refractivity contribution < 1.29 is 67.8 Å². The van der Waals surface area contributed by atoms with E-state index in [1.54, 1.807) is 85.8 Å². The highest BCUT2D eigenvalue weighted by Crippen LogP contribution is 2.86. The Hall–Kier alpha value is -5.74. The van der Waals surface area contributed by atoms with Crippen molar-refractivity contribution in [2.75, 3.05) is 6.61 Å². The molecule has 15 nitrogen and oxygen atoms in total. The van der Waals surface area contributed by atoms with Gasteiger partial charge in [0.2, 0.25) is 0 Å². The number of ether oxygens (including phenoxy) is 5. The number of hydrogen-bond donors (Lipinski definition) is 4. The molecule has 1 spiro atoms. The van der Waals surface area contributed by atoms with Gasteiger partial charge in [-0.05, 0) is 54.8 Å². The van der Waals surface area contributed by atoms with Gasteiger partial charge in [-0.1, -0.05) is 73.7 Å². The van der Waals surface area contributed by atoms with E-state index in [4.69, 9.17) is 23.7 Å². The maximum Gasteiger partial charge on any atom is 0.338 e. The van der Waals surface area contributed by atoms with Crippen LogP contribution in [-0.2, 0) is 42.9 Å². The second kappa shape index (κ2) is 14.7. The standard InChI is InChI=1S/C46H47NO14/c1-24-30(59-40(55)35(51)34(27-15-9-6-10-16-27)47-38(53)28-17-11-7-12-18-28)22-44(56)41(60-39(54)29-19-13-8-14-20-29)46-42(4,31(50)21-32-45(46,23-57-32)61-26(3)49)37(52)36(58-25(2)48)33(24)43(44,46)5/h6-20,30-32,34-36,41,50-51,56H,21-23H2,1-5H3,(H,47,53)/t30-,31-,32+,34-,35+,36+,41+,42-,43-,44+,45-,46?/m0/s1. The predicted molar refractivity (Wildman–Crippen MR) is 211 cm³/mol. The number of ketones is 1. The molecule has 61 heavy (non-hydrogen) atoms. The van der Waals surface area contributed by atoms with Crippen LogP contribution in [0.5, 0.6) is 0 Å². The molecular weight excluding hydrogens is 790 g/mol. The first-order valence-electron chi connectivity index (χ1n) is 20.1. The van der Waals surface area contributed by atoms with Gasteiger partial charge in [0.15, 0.2) is 23.6 Å². The Balaban J connectivity index is 1.28. The zero-order valence-electron chi connectivity index (χ0n) is 34.2. The van der Waals surface area contributed by atoms with E-state index < -0.39 is 112 Å². The smallest absolute Gasteiger partial charge is 0.338 e. The van der Waals surface area contributed by atoms with E-state index >= 15 is 4.79 Å². The third-order valence-electron chi connectivity index (χ3n) is 14.2. The summed E-state index contributed by atoms with van der Waals surface area (Å²) in [6.45, 7) is 6.49. The van der Waals surface area contributed by atoms with Crippen molar-refractivity contribution in [1.29, 1.82) is 0 Å². The van der Waals surface area contributed by atoms with E-state index in [2.05, 4.69) is 5.32 Å². The maximum absolute atomic E-state index is 15.4. The van der Waals surface area contributed by atoms with Crippen LogP contribution in [0.4, 0.5) is 0 Å². The Labute approximate surface area is 351 Å². The topological polar surface area (TPSA) is 221 Å². The number of nitrogens with one attached hydrogen (secondary N) is 1. The first-order chi connectivity index (χ1) is 28.9. The average molecular weight is 838 g/mol. The Morgan fingerprint density at radius 1 is 0.836 bits per heavy atom. The SMILES string of the molecule is CC(=O)O[C@H]1C(=O)[C@]2(C)[C@@H](O)C[C@H]3OC[C@@]3(OC(C)=O)C23[C@H](OC(=O)c2ccccc2)[C@]2(O)C[C@H](OC(=O)[C@H](O)[C@@H](NC(=O)c4ccccc4)c4ccccc4)C(C)=C1[C@]32C. The van der Waals surface area contributed by atoms with Crippen molar-refractivity contribution in [3.63, 3.8) is 0 Å². The summed E-state index contributed by atoms with van der Waals surface area (Å²) in [5, 5.41) is 40.0. The van der Waals surface area contributed by atoms with Gasteiger partial charge >= 0.3 is 23.9 Å². The van der Waals surface area contributed by atoms with Crippen LogP contribution in [-0.4, -0.2) is 105 Å². The molecule has 3 saturated carbocycles. The Bertz CT molecular complexity index is 2340. The molecule has 1 amide bonds.